The molecule has 0 radical (unpaired) electrons. The normalized spacial score (nSPS) is 20.0. The molecule has 0 aliphatic carbocycles. The number of fused-ring (bicyclic) bond motifs is 7. The molecule has 2 aromatic heterocycles. The number of H-pyrrole nitrogens is 2. The van der Waals surface area contributed by atoms with E-state index in [9.17, 15) is 9.59 Å². The number of aryl methyl sites for hydroxylation is 4. The molecule has 2 unspecified atom stereocenters. The number of hydrogen-bond donors (Lipinski definition) is 2. The zero-order valence-electron chi connectivity index (χ0n) is 39.4. The molecule has 13 nitrogen and oxygen atoms in total. The van der Waals surface area contributed by atoms with E-state index in [0.29, 0.717) is 65.0 Å². The summed E-state index contributed by atoms with van der Waals surface area (Å²) in [5, 5.41) is 0. The SMILES string of the molecule is Cc1nc2ccc(-c3cc(C)c4c(c3)CN(C(=O)N3CCc5cccc(OCC6CC7CCC(C6)N7C(=O)N6CCOc7c(C)cc(-c8ccc9nc(C)[nH]c9c8)cc7C6)c5C3)CCO4)cc2[nH]1. The molecule has 2 atom stereocenters. The van der Waals surface area contributed by atoms with E-state index in [-0.39, 0.29) is 24.1 Å². The number of aromatic nitrogens is 4. The third-order valence-corrected chi connectivity index (χ3v) is 15.1. The lowest BCUT2D eigenvalue weighted by atomic mass is 9.91. The Morgan fingerprint density at radius 3 is 1.78 bits per heavy atom. The van der Waals surface area contributed by atoms with Crippen molar-refractivity contribution in [3.8, 4) is 39.5 Å². The molecule has 68 heavy (non-hydrogen) atoms. The van der Waals surface area contributed by atoms with Crippen LogP contribution in [0.2, 0.25) is 0 Å². The molecular weight excluding hydrogens is 853 g/mol. The number of urea groups is 2. The van der Waals surface area contributed by atoms with Gasteiger partial charge in [0.05, 0.1) is 61.4 Å². The van der Waals surface area contributed by atoms with Gasteiger partial charge in [0.25, 0.3) is 0 Å². The zero-order valence-corrected chi connectivity index (χ0v) is 39.4. The van der Waals surface area contributed by atoms with Crippen molar-refractivity contribution in [3.63, 3.8) is 0 Å². The Kier molecular flexibility index (Phi) is 10.5. The molecule has 2 bridgehead atoms. The van der Waals surface area contributed by atoms with Gasteiger partial charge in [-0.25, -0.2) is 19.6 Å². The molecule has 13 heteroatoms. The van der Waals surface area contributed by atoms with Crippen LogP contribution in [0.1, 0.15) is 70.7 Å². The summed E-state index contributed by atoms with van der Waals surface area (Å²) in [7, 11) is 0. The van der Waals surface area contributed by atoms with Crippen LogP contribution in [0.4, 0.5) is 9.59 Å². The van der Waals surface area contributed by atoms with E-state index in [4.69, 9.17) is 14.2 Å². The van der Waals surface area contributed by atoms with Crippen LogP contribution in [0.25, 0.3) is 44.3 Å². The highest BCUT2D eigenvalue weighted by Crippen LogP contribution is 2.42. The number of nitrogens with one attached hydrogen (secondary N) is 2. The minimum Gasteiger partial charge on any atom is -0.493 e. The molecule has 4 amide bonds. The van der Waals surface area contributed by atoms with E-state index in [2.05, 4.69) is 118 Å². The molecule has 7 aromatic rings. The molecule has 7 heterocycles. The van der Waals surface area contributed by atoms with Crippen LogP contribution in [-0.4, -0.2) is 103 Å². The highest BCUT2D eigenvalue weighted by atomic mass is 16.5. The Morgan fingerprint density at radius 1 is 0.632 bits per heavy atom. The van der Waals surface area contributed by atoms with E-state index in [0.717, 1.165) is 133 Å². The Bertz CT molecular complexity index is 3120. The molecule has 2 saturated heterocycles. The van der Waals surface area contributed by atoms with Crippen molar-refractivity contribution in [1.29, 1.82) is 0 Å². The standard InChI is InChI=1S/C55H58N8O5/c1-32-20-40(38-8-12-47-49(26-38)58-34(3)56-47)24-42-28-61(16-18-66-52(32)42)54(64)60-15-14-37-6-5-7-51(46(37)30-60)68-31-36-22-44-10-11-45(23-36)63(44)55(65)62-17-19-67-53-33(2)21-41(25-43(53)29-62)39-9-13-48-50(27-39)59-35(4)57-48/h5-9,12-13,20-21,24-27,36,44-45H,10-11,14-19,22-23,28-31H2,1-4H3,(H,56,58)(H,57,59). The van der Waals surface area contributed by atoms with Gasteiger partial charge in [-0.1, -0.05) is 24.3 Å². The van der Waals surface area contributed by atoms with Crippen LogP contribution in [-0.2, 0) is 26.1 Å². The van der Waals surface area contributed by atoms with Gasteiger partial charge in [0.2, 0.25) is 0 Å². The van der Waals surface area contributed by atoms with Gasteiger partial charge in [-0.3, -0.25) is 0 Å². The van der Waals surface area contributed by atoms with Gasteiger partial charge in [0.1, 0.15) is 42.1 Å². The van der Waals surface area contributed by atoms with Gasteiger partial charge in [-0.2, -0.15) is 0 Å². The first kappa shape index (κ1) is 42.3. The smallest absolute Gasteiger partial charge is 0.320 e. The molecule has 12 rings (SSSR count). The highest BCUT2D eigenvalue weighted by Gasteiger charge is 2.45. The fraction of sp³-hybridized carbons (Fsp3) is 0.382. The van der Waals surface area contributed by atoms with Crippen LogP contribution in [0.5, 0.6) is 17.2 Å². The predicted octanol–water partition coefficient (Wildman–Crippen LogP) is 10.0. The van der Waals surface area contributed by atoms with Crippen molar-refractivity contribution in [2.75, 3.05) is 39.5 Å². The van der Waals surface area contributed by atoms with E-state index in [1.54, 1.807) is 0 Å². The molecule has 348 valence electrons. The number of benzene rings is 5. The maximum absolute atomic E-state index is 14.5. The van der Waals surface area contributed by atoms with Crippen molar-refractivity contribution < 1.29 is 23.8 Å². The van der Waals surface area contributed by atoms with Gasteiger partial charge in [0.15, 0.2) is 0 Å². The third kappa shape index (κ3) is 7.75. The minimum absolute atomic E-state index is 0.0187. The second kappa shape index (κ2) is 16.9. The van der Waals surface area contributed by atoms with Gasteiger partial charge in [0, 0.05) is 35.3 Å². The Morgan fingerprint density at radius 2 is 1.19 bits per heavy atom. The number of imidazole rings is 2. The first-order valence-corrected chi connectivity index (χ1v) is 24.4. The fourth-order valence-electron chi connectivity index (χ4n) is 11.9. The summed E-state index contributed by atoms with van der Waals surface area (Å²) in [6, 6.07) is 28.2. The van der Waals surface area contributed by atoms with Crippen molar-refractivity contribution in [2.24, 2.45) is 5.92 Å². The highest BCUT2D eigenvalue weighted by molar-refractivity contribution is 5.84. The number of amides is 4. The number of hydrogen-bond acceptors (Lipinski definition) is 7. The lowest BCUT2D eigenvalue weighted by molar-refractivity contribution is 0.0751. The van der Waals surface area contributed by atoms with Crippen LogP contribution in [0.3, 0.4) is 0 Å². The summed E-state index contributed by atoms with van der Waals surface area (Å²) in [5.41, 5.74) is 14.8. The van der Waals surface area contributed by atoms with Crippen molar-refractivity contribution >= 4 is 34.1 Å². The van der Waals surface area contributed by atoms with Gasteiger partial charge in [-0.15, -0.1) is 0 Å². The second-order valence-electron chi connectivity index (χ2n) is 19.8. The van der Waals surface area contributed by atoms with Crippen LogP contribution >= 0.6 is 0 Å². The number of carbonyl (C=O) groups excluding carboxylic acids is 2. The summed E-state index contributed by atoms with van der Waals surface area (Å²) >= 11 is 0. The number of carbonyl (C=O) groups is 2. The average Bonchev–Trinajstić information content (AvgIpc) is 3.84. The average molecular weight is 911 g/mol. The molecule has 0 spiro atoms. The third-order valence-electron chi connectivity index (χ3n) is 15.1. The van der Waals surface area contributed by atoms with Crippen LogP contribution in [0, 0.1) is 33.6 Å². The van der Waals surface area contributed by atoms with Gasteiger partial charge < -0.3 is 43.8 Å². The summed E-state index contributed by atoms with van der Waals surface area (Å²) < 4.78 is 19.4. The number of ether oxygens (including phenoxy) is 3. The lowest BCUT2D eigenvalue weighted by Gasteiger charge is -2.41. The lowest BCUT2D eigenvalue weighted by Crippen LogP contribution is -2.53. The Balaban J connectivity index is 0.697. The molecular formula is C55H58N8O5. The topological polar surface area (TPSA) is 132 Å². The summed E-state index contributed by atoms with van der Waals surface area (Å²) in [5.74, 6) is 4.74. The Hall–Kier alpha value is -7.02. The molecule has 5 aromatic carbocycles. The minimum atomic E-state index is 0.0187. The summed E-state index contributed by atoms with van der Waals surface area (Å²) in [4.78, 5) is 52.9. The van der Waals surface area contributed by atoms with Crippen LogP contribution in [0.15, 0.2) is 78.9 Å². The van der Waals surface area contributed by atoms with Crippen LogP contribution < -0.4 is 14.2 Å². The first-order valence-electron chi connectivity index (χ1n) is 24.4. The monoisotopic (exact) mass is 910 g/mol. The predicted molar refractivity (Wildman–Crippen MR) is 262 cm³/mol. The first-order chi connectivity index (χ1) is 33.1. The largest absolute Gasteiger partial charge is 0.493 e. The van der Waals surface area contributed by atoms with Crippen molar-refractivity contribution in [2.45, 2.75) is 91.5 Å². The van der Waals surface area contributed by atoms with Gasteiger partial charge >= 0.3 is 12.1 Å². The summed E-state index contributed by atoms with van der Waals surface area (Å²) in [6.07, 6.45) is 4.63. The second-order valence-corrected chi connectivity index (χ2v) is 19.8. The van der Waals surface area contributed by atoms with Crippen molar-refractivity contribution in [3.05, 3.63) is 124 Å². The molecule has 2 N–H and O–H groups in total. The fourth-order valence-corrected chi connectivity index (χ4v) is 11.9. The quantitative estimate of drug-likeness (QED) is 0.176. The molecule has 5 aliphatic heterocycles. The van der Waals surface area contributed by atoms with E-state index in [1.165, 1.54) is 5.56 Å². The molecule has 2 fully saturated rings. The van der Waals surface area contributed by atoms with Crippen molar-refractivity contribution in [1.82, 2.24) is 39.5 Å². The maximum Gasteiger partial charge on any atom is 0.320 e. The summed E-state index contributed by atoms with van der Waals surface area (Å²) in [6.45, 7) is 12.8. The van der Waals surface area contributed by atoms with E-state index < -0.39 is 0 Å². The zero-order chi connectivity index (χ0) is 46.2. The molecule has 5 aliphatic rings. The Labute approximate surface area is 396 Å². The number of aromatic amines is 2. The number of piperidine rings is 1. The van der Waals surface area contributed by atoms with E-state index in [1.807, 2.05) is 28.5 Å². The van der Waals surface area contributed by atoms with E-state index >= 15 is 0 Å². The number of nitrogens with zero attached hydrogens (tertiary/aromatic N) is 6. The number of rotatable bonds is 5. The maximum atomic E-state index is 14.5. The van der Waals surface area contributed by atoms with Gasteiger partial charge in [-0.05, 0) is 159 Å². The molecule has 0 saturated carbocycles.